The van der Waals surface area contributed by atoms with Crippen LogP contribution in [0.4, 0.5) is 0 Å². The summed E-state index contributed by atoms with van der Waals surface area (Å²) in [5.41, 5.74) is 2.42. The van der Waals surface area contributed by atoms with Gasteiger partial charge in [-0.1, -0.05) is 0 Å². The van der Waals surface area contributed by atoms with Crippen LogP contribution >= 0.6 is 0 Å². The van der Waals surface area contributed by atoms with Gasteiger partial charge in [0.15, 0.2) is 11.4 Å². The molecule has 0 unspecified atom stereocenters. The smallest absolute Gasteiger partial charge is 0.176 e. The molecular weight excluding hydrogens is 292 g/mol. The Morgan fingerprint density at radius 3 is 2.91 bits per heavy atom. The van der Waals surface area contributed by atoms with Crippen molar-refractivity contribution in [3.8, 4) is 23.6 Å². The van der Waals surface area contributed by atoms with Crippen molar-refractivity contribution < 1.29 is 9.47 Å². The molecule has 0 spiro atoms. The monoisotopic (exact) mass is 308 g/mol. The molecule has 0 saturated carbocycles. The first-order chi connectivity index (χ1) is 11.2. The van der Waals surface area contributed by atoms with Crippen LogP contribution in [0.25, 0.3) is 0 Å². The van der Waals surface area contributed by atoms with Gasteiger partial charge in [-0.2, -0.15) is 10.5 Å². The fourth-order valence-electron chi connectivity index (χ4n) is 2.78. The highest BCUT2D eigenvalue weighted by atomic mass is 16.5. The van der Waals surface area contributed by atoms with Crippen LogP contribution in [0, 0.1) is 22.7 Å². The van der Waals surface area contributed by atoms with Gasteiger partial charge in [-0.15, -0.1) is 0 Å². The number of imidazole rings is 1. The predicted octanol–water partition coefficient (Wildman–Crippen LogP) is 2.40. The van der Waals surface area contributed by atoms with E-state index in [2.05, 4.69) is 4.98 Å². The van der Waals surface area contributed by atoms with Gasteiger partial charge in [0.1, 0.15) is 29.7 Å². The predicted molar refractivity (Wildman–Crippen MR) is 82.2 cm³/mol. The largest absolute Gasteiger partial charge is 0.494 e. The summed E-state index contributed by atoms with van der Waals surface area (Å²) in [5, 5.41) is 18.2. The second kappa shape index (κ2) is 6.02. The third kappa shape index (κ3) is 2.72. The number of nitriles is 2. The molecule has 3 rings (SSSR count). The third-order valence-electron chi connectivity index (χ3n) is 3.77. The average molecular weight is 308 g/mol. The number of hydrogen-bond donors (Lipinski definition) is 0. The van der Waals surface area contributed by atoms with Crippen LogP contribution in [0.5, 0.6) is 11.5 Å². The Morgan fingerprint density at radius 2 is 2.22 bits per heavy atom. The SMILES string of the molecule is CCOc1cc2c(cc1Cn1cnc(C#N)c1C#N)O[C@@H](C)C2. The van der Waals surface area contributed by atoms with Crippen molar-refractivity contribution in [1.29, 1.82) is 10.5 Å². The first-order valence-electron chi connectivity index (χ1n) is 7.46. The lowest BCUT2D eigenvalue weighted by Gasteiger charge is -2.13. The minimum Gasteiger partial charge on any atom is -0.494 e. The molecule has 2 aromatic rings. The van der Waals surface area contributed by atoms with E-state index in [-0.39, 0.29) is 17.5 Å². The van der Waals surface area contributed by atoms with Crippen LogP contribution in [-0.4, -0.2) is 22.3 Å². The van der Waals surface area contributed by atoms with Crippen LogP contribution < -0.4 is 9.47 Å². The van der Waals surface area contributed by atoms with Gasteiger partial charge in [-0.25, -0.2) is 4.98 Å². The van der Waals surface area contributed by atoms with Gasteiger partial charge in [-0.05, 0) is 26.0 Å². The number of fused-ring (bicyclic) bond motifs is 1. The number of rotatable bonds is 4. The molecule has 0 bridgehead atoms. The molecule has 1 aliphatic rings. The molecule has 116 valence electrons. The summed E-state index contributed by atoms with van der Waals surface area (Å²) >= 11 is 0. The number of hydrogen-bond acceptors (Lipinski definition) is 5. The molecule has 6 nitrogen and oxygen atoms in total. The highest BCUT2D eigenvalue weighted by molar-refractivity contribution is 5.49. The first kappa shape index (κ1) is 14.9. The molecule has 1 atom stereocenters. The van der Waals surface area contributed by atoms with Crippen LogP contribution in [0.2, 0.25) is 0 Å². The minimum atomic E-state index is 0.136. The van der Waals surface area contributed by atoms with Gasteiger partial charge in [0.05, 0.1) is 19.5 Å². The van der Waals surface area contributed by atoms with E-state index in [9.17, 15) is 5.26 Å². The van der Waals surface area contributed by atoms with Gasteiger partial charge in [0.2, 0.25) is 0 Å². The Labute approximate surface area is 134 Å². The minimum absolute atomic E-state index is 0.136. The molecule has 0 fully saturated rings. The van der Waals surface area contributed by atoms with Crippen molar-refractivity contribution >= 4 is 0 Å². The number of aromatic nitrogens is 2. The van der Waals surface area contributed by atoms with E-state index in [4.69, 9.17) is 14.7 Å². The van der Waals surface area contributed by atoms with Crippen molar-refractivity contribution in [2.45, 2.75) is 32.9 Å². The molecule has 0 aliphatic carbocycles. The number of benzene rings is 1. The Morgan fingerprint density at radius 1 is 1.39 bits per heavy atom. The Kier molecular flexibility index (Phi) is 3.91. The second-order valence-electron chi connectivity index (χ2n) is 5.43. The van der Waals surface area contributed by atoms with E-state index in [0.29, 0.717) is 13.2 Å². The molecule has 0 amide bonds. The zero-order valence-corrected chi connectivity index (χ0v) is 13.0. The van der Waals surface area contributed by atoms with Crippen molar-refractivity contribution in [2.75, 3.05) is 6.61 Å². The summed E-state index contributed by atoms with van der Waals surface area (Å²) in [4.78, 5) is 3.97. The van der Waals surface area contributed by atoms with Gasteiger partial charge in [0.25, 0.3) is 0 Å². The highest BCUT2D eigenvalue weighted by Gasteiger charge is 2.22. The molecule has 6 heteroatoms. The zero-order chi connectivity index (χ0) is 16.4. The maximum Gasteiger partial charge on any atom is 0.176 e. The molecular formula is C17H16N4O2. The van der Waals surface area contributed by atoms with Crippen molar-refractivity contribution in [3.63, 3.8) is 0 Å². The summed E-state index contributed by atoms with van der Waals surface area (Å²) in [6.45, 7) is 4.92. The normalized spacial score (nSPS) is 15.4. The fraction of sp³-hybridized carbons (Fsp3) is 0.353. The standard InChI is InChI=1S/C17H16N4O2/c1-3-22-16-5-12-4-11(2)23-17(12)6-13(16)9-21-10-20-14(7-18)15(21)8-19/h5-6,10-11H,3-4,9H2,1-2H3/t11-/m0/s1. The van der Waals surface area contributed by atoms with E-state index in [1.54, 1.807) is 4.57 Å². The van der Waals surface area contributed by atoms with Crippen LogP contribution in [-0.2, 0) is 13.0 Å². The Bertz CT molecular complexity index is 826. The molecule has 23 heavy (non-hydrogen) atoms. The summed E-state index contributed by atoms with van der Waals surface area (Å²) in [6, 6.07) is 7.92. The van der Waals surface area contributed by atoms with E-state index in [1.165, 1.54) is 6.33 Å². The summed E-state index contributed by atoms with van der Waals surface area (Å²) in [5.74, 6) is 1.63. The van der Waals surface area contributed by atoms with Crippen LogP contribution in [0.3, 0.4) is 0 Å². The number of ether oxygens (including phenoxy) is 2. The lowest BCUT2D eigenvalue weighted by molar-refractivity contribution is 0.254. The molecule has 1 aliphatic heterocycles. The maximum atomic E-state index is 9.24. The van der Waals surface area contributed by atoms with Gasteiger partial charge >= 0.3 is 0 Å². The van der Waals surface area contributed by atoms with E-state index < -0.39 is 0 Å². The average Bonchev–Trinajstić information content (AvgIpc) is 3.09. The van der Waals surface area contributed by atoms with Crippen LogP contribution in [0.1, 0.15) is 36.4 Å². The second-order valence-corrected chi connectivity index (χ2v) is 5.43. The molecule has 0 saturated heterocycles. The summed E-state index contributed by atoms with van der Waals surface area (Å²) < 4.78 is 13.2. The van der Waals surface area contributed by atoms with E-state index in [1.807, 2.05) is 38.1 Å². The molecule has 2 heterocycles. The first-order valence-corrected chi connectivity index (χ1v) is 7.46. The van der Waals surface area contributed by atoms with Gasteiger partial charge < -0.3 is 14.0 Å². The molecule has 1 aromatic heterocycles. The van der Waals surface area contributed by atoms with E-state index in [0.717, 1.165) is 29.0 Å². The van der Waals surface area contributed by atoms with Crippen molar-refractivity contribution in [3.05, 3.63) is 41.0 Å². The highest BCUT2D eigenvalue weighted by Crippen LogP contribution is 2.35. The Hall–Kier alpha value is -2.99. The quantitative estimate of drug-likeness (QED) is 0.866. The van der Waals surface area contributed by atoms with Gasteiger partial charge in [0, 0.05) is 17.5 Å². The van der Waals surface area contributed by atoms with Crippen molar-refractivity contribution in [2.24, 2.45) is 0 Å². The summed E-state index contributed by atoms with van der Waals surface area (Å²) in [6.07, 6.45) is 2.52. The molecule has 0 radical (unpaired) electrons. The Balaban J connectivity index is 2.00. The van der Waals surface area contributed by atoms with Crippen LogP contribution in [0.15, 0.2) is 18.5 Å². The third-order valence-corrected chi connectivity index (χ3v) is 3.77. The van der Waals surface area contributed by atoms with E-state index >= 15 is 0 Å². The zero-order valence-electron chi connectivity index (χ0n) is 13.0. The lowest BCUT2D eigenvalue weighted by atomic mass is 10.1. The van der Waals surface area contributed by atoms with Crippen molar-refractivity contribution in [1.82, 2.24) is 9.55 Å². The topological polar surface area (TPSA) is 83.9 Å². The molecule has 0 N–H and O–H groups in total. The fourth-order valence-corrected chi connectivity index (χ4v) is 2.78. The summed E-state index contributed by atoms with van der Waals surface area (Å²) in [7, 11) is 0. The number of nitrogens with zero attached hydrogens (tertiary/aromatic N) is 4. The maximum absolute atomic E-state index is 9.24. The van der Waals surface area contributed by atoms with Gasteiger partial charge in [-0.3, -0.25) is 0 Å². The molecule has 1 aromatic carbocycles. The lowest BCUT2D eigenvalue weighted by Crippen LogP contribution is -2.06.